The van der Waals surface area contributed by atoms with Crippen LogP contribution in [0.1, 0.15) is 26.3 Å². The maximum Gasteiger partial charge on any atom is 0.407 e. The summed E-state index contributed by atoms with van der Waals surface area (Å²) < 4.78 is 5.11. The molecule has 0 heterocycles. The second kappa shape index (κ2) is 6.31. The summed E-state index contributed by atoms with van der Waals surface area (Å²) in [4.78, 5) is 11.4. The van der Waals surface area contributed by atoms with Crippen molar-refractivity contribution in [2.24, 2.45) is 0 Å². The monoisotopic (exact) mass is 266 g/mol. The van der Waals surface area contributed by atoms with Crippen LogP contribution in [0.2, 0.25) is 0 Å². The maximum absolute atomic E-state index is 11.4. The number of aryl methyl sites for hydroxylation is 1. The second-order valence-electron chi connectivity index (χ2n) is 5.36. The lowest BCUT2D eigenvalue weighted by Gasteiger charge is -2.19. The number of amides is 1. The Morgan fingerprint density at radius 2 is 2.00 bits per heavy atom. The number of hydrogen-bond donors (Lipinski definition) is 3. The van der Waals surface area contributed by atoms with Crippen LogP contribution >= 0.6 is 0 Å². The van der Waals surface area contributed by atoms with Gasteiger partial charge in [0.25, 0.3) is 0 Å². The molecule has 0 unspecified atom stereocenters. The van der Waals surface area contributed by atoms with Crippen LogP contribution in [0.25, 0.3) is 0 Å². The van der Waals surface area contributed by atoms with Crippen molar-refractivity contribution in [1.29, 1.82) is 0 Å². The van der Waals surface area contributed by atoms with Crippen molar-refractivity contribution < 1.29 is 14.6 Å². The Balaban J connectivity index is 2.27. The zero-order chi connectivity index (χ0) is 14.5. The number of nitrogens with one attached hydrogen (secondary N) is 2. The molecule has 0 aromatic heterocycles. The number of phenols is 1. The molecule has 0 aliphatic carbocycles. The van der Waals surface area contributed by atoms with E-state index in [0.29, 0.717) is 13.1 Å². The van der Waals surface area contributed by atoms with Crippen molar-refractivity contribution in [2.45, 2.75) is 33.3 Å². The molecule has 0 saturated carbocycles. The van der Waals surface area contributed by atoms with E-state index in [0.717, 1.165) is 11.3 Å². The van der Waals surface area contributed by atoms with Crippen LogP contribution in [0.4, 0.5) is 10.5 Å². The molecule has 1 amide bonds. The Hall–Kier alpha value is -1.91. The Morgan fingerprint density at radius 3 is 2.58 bits per heavy atom. The average molecular weight is 266 g/mol. The van der Waals surface area contributed by atoms with Gasteiger partial charge in [0, 0.05) is 24.8 Å². The van der Waals surface area contributed by atoms with Crippen molar-refractivity contribution in [3.05, 3.63) is 23.8 Å². The van der Waals surface area contributed by atoms with Gasteiger partial charge in [-0.1, -0.05) is 6.07 Å². The minimum atomic E-state index is -0.486. The number of benzene rings is 1. The molecule has 1 aromatic carbocycles. The highest BCUT2D eigenvalue weighted by Gasteiger charge is 2.15. The Labute approximate surface area is 114 Å². The highest BCUT2D eigenvalue weighted by molar-refractivity contribution is 5.67. The predicted molar refractivity (Wildman–Crippen MR) is 75.6 cm³/mol. The number of hydrogen-bond acceptors (Lipinski definition) is 4. The van der Waals surface area contributed by atoms with Gasteiger partial charge < -0.3 is 20.5 Å². The molecule has 0 bridgehead atoms. The van der Waals surface area contributed by atoms with E-state index in [1.54, 1.807) is 6.07 Å². The van der Waals surface area contributed by atoms with E-state index in [9.17, 15) is 9.90 Å². The summed E-state index contributed by atoms with van der Waals surface area (Å²) in [5.74, 6) is 0.255. The van der Waals surface area contributed by atoms with Crippen LogP contribution in [-0.4, -0.2) is 29.9 Å². The van der Waals surface area contributed by atoms with Crippen LogP contribution < -0.4 is 10.6 Å². The zero-order valence-electron chi connectivity index (χ0n) is 11.9. The minimum Gasteiger partial charge on any atom is -0.508 e. The van der Waals surface area contributed by atoms with Gasteiger partial charge in [0.05, 0.1) is 0 Å². The summed E-state index contributed by atoms with van der Waals surface area (Å²) in [6.07, 6.45) is -0.430. The summed E-state index contributed by atoms with van der Waals surface area (Å²) in [5, 5.41) is 15.3. The van der Waals surface area contributed by atoms with Crippen molar-refractivity contribution in [3.8, 4) is 5.75 Å². The van der Waals surface area contributed by atoms with Gasteiger partial charge in [-0.3, -0.25) is 0 Å². The Bertz CT molecular complexity index is 439. The number of carbonyl (C=O) groups is 1. The Morgan fingerprint density at radius 1 is 1.32 bits per heavy atom. The lowest BCUT2D eigenvalue weighted by molar-refractivity contribution is 0.0530. The van der Waals surface area contributed by atoms with E-state index in [1.165, 1.54) is 0 Å². The van der Waals surface area contributed by atoms with Gasteiger partial charge in [0.1, 0.15) is 11.4 Å². The van der Waals surface area contributed by atoms with Crippen molar-refractivity contribution >= 4 is 11.8 Å². The molecule has 0 aliphatic heterocycles. The number of rotatable bonds is 4. The van der Waals surface area contributed by atoms with Crippen LogP contribution in [0.5, 0.6) is 5.75 Å². The van der Waals surface area contributed by atoms with Gasteiger partial charge in [-0.15, -0.1) is 0 Å². The molecule has 0 radical (unpaired) electrons. The molecular weight excluding hydrogens is 244 g/mol. The fourth-order valence-electron chi connectivity index (χ4n) is 1.40. The van der Waals surface area contributed by atoms with E-state index >= 15 is 0 Å². The second-order valence-corrected chi connectivity index (χ2v) is 5.36. The lowest BCUT2D eigenvalue weighted by atomic mass is 10.2. The van der Waals surface area contributed by atoms with Gasteiger partial charge in [-0.2, -0.15) is 0 Å². The summed E-state index contributed by atoms with van der Waals surface area (Å²) in [6, 6.07) is 5.37. The number of carbonyl (C=O) groups excluding carboxylic acids is 1. The number of phenolic OH excluding ortho intramolecular Hbond substituents is 1. The Kier molecular flexibility index (Phi) is 5.03. The van der Waals surface area contributed by atoms with Crippen molar-refractivity contribution in [3.63, 3.8) is 0 Å². The SMILES string of the molecule is Cc1ccc(NCCNC(=O)OC(C)(C)C)cc1O. The van der Waals surface area contributed by atoms with Gasteiger partial charge >= 0.3 is 6.09 Å². The third-order valence-corrected chi connectivity index (χ3v) is 2.33. The molecule has 1 rings (SSSR count). The first-order chi connectivity index (χ1) is 8.78. The van der Waals surface area contributed by atoms with Gasteiger partial charge in [-0.05, 0) is 39.3 Å². The molecular formula is C14H22N2O3. The quantitative estimate of drug-likeness (QED) is 0.733. The van der Waals surface area contributed by atoms with Crippen LogP contribution in [0.3, 0.4) is 0 Å². The standard InChI is InChI=1S/C14H22N2O3/c1-10-5-6-11(9-12(10)17)15-7-8-16-13(18)19-14(2,3)4/h5-6,9,15,17H,7-8H2,1-4H3,(H,16,18). The average Bonchev–Trinajstić information content (AvgIpc) is 2.27. The highest BCUT2D eigenvalue weighted by atomic mass is 16.6. The first-order valence-electron chi connectivity index (χ1n) is 6.28. The van der Waals surface area contributed by atoms with E-state index in [1.807, 2.05) is 39.8 Å². The largest absolute Gasteiger partial charge is 0.508 e. The molecule has 0 atom stereocenters. The van der Waals surface area contributed by atoms with Crippen molar-refractivity contribution in [2.75, 3.05) is 18.4 Å². The van der Waals surface area contributed by atoms with Gasteiger partial charge in [-0.25, -0.2) is 4.79 Å². The zero-order valence-corrected chi connectivity index (χ0v) is 11.9. The molecule has 19 heavy (non-hydrogen) atoms. The summed E-state index contributed by atoms with van der Waals surface area (Å²) in [5.41, 5.74) is 1.16. The molecule has 5 heteroatoms. The highest BCUT2D eigenvalue weighted by Crippen LogP contribution is 2.20. The summed E-state index contributed by atoms with van der Waals surface area (Å²) in [7, 11) is 0. The molecule has 0 spiro atoms. The normalized spacial score (nSPS) is 10.9. The van der Waals surface area contributed by atoms with Gasteiger partial charge in [0.2, 0.25) is 0 Å². The lowest BCUT2D eigenvalue weighted by Crippen LogP contribution is -2.34. The minimum absolute atomic E-state index is 0.255. The fourth-order valence-corrected chi connectivity index (χ4v) is 1.40. The topological polar surface area (TPSA) is 70.6 Å². The summed E-state index contributed by atoms with van der Waals surface area (Å²) in [6.45, 7) is 8.30. The van der Waals surface area contributed by atoms with Gasteiger partial charge in [0.15, 0.2) is 0 Å². The fraction of sp³-hybridized carbons (Fsp3) is 0.500. The molecule has 0 saturated heterocycles. The van der Waals surface area contributed by atoms with Crippen LogP contribution in [0.15, 0.2) is 18.2 Å². The van der Waals surface area contributed by atoms with E-state index < -0.39 is 11.7 Å². The first-order valence-corrected chi connectivity index (χ1v) is 6.28. The maximum atomic E-state index is 11.4. The molecule has 0 aliphatic rings. The van der Waals surface area contributed by atoms with E-state index in [4.69, 9.17) is 4.74 Å². The first kappa shape index (κ1) is 15.1. The summed E-state index contributed by atoms with van der Waals surface area (Å²) >= 11 is 0. The van der Waals surface area contributed by atoms with Crippen molar-refractivity contribution in [1.82, 2.24) is 5.32 Å². The number of ether oxygens (including phenoxy) is 1. The molecule has 5 nitrogen and oxygen atoms in total. The van der Waals surface area contributed by atoms with E-state index in [-0.39, 0.29) is 5.75 Å². The third kappa shape index (κ3) is 5.99. The molecule has 3 N–H and O–H groups in total. The molecule has 0 fully saturated rings. The number of anilines is 1. The number of aromatic hydroxyl groups is 1. The third-order valence-electron chi connectivity index (χ3n) is 2.33. The van der Waals surface area contributed by atoms with Crippen LogP contribution in [-0.2, 0) is 4.74 Å². The molecule has 1 aromatic rings. The number of alkyl carbamates (subject to hydrolysis) is 1. The smallest absolute Gasteiger partial charge is 0.407 e. The van der Waals surface area contributed by atoms with Crippen LogP contribution in [0, 0.1) is 6.92 Å². The predicted octanol–water partition coefficient (Wildman–Crippen LogP) is 2.64. The van der Waals surface area contributed by atoms with E-state index in [2.05, 4.69) is 10.6 Å². The molecule has 106 valence electrons.